The van der Waals surface area contributed by atoms with Crippen LogP contribution in [-0.2, 0) is 25.5 Å². The summed E-state index contributed by atoms with van der Waals surface area (Å²) >= 11 is 0. The normalized spacial score (nSPS) is 9.85. The standard InChI is InChI=1S/C17H17N3O6/c21-14(9-12-5-2-1-3-6-12)18-10-16(23)26-11-15(22)19-20-17(24)13-7-4-8-25-13/h1-8H,9-11H2,(H,18,21)(H,19,22)(H,20,24). The second-order valence-electron chi connectivity index (χ2n) is 5.08. The maximum Gasteiger partial charge on any atom is 0.325 e. The SMILES string of the molecule is O=C(Cc1ccccc1)NCC(=O)OCC(=O)NNC(=O)c1ccco1. The Kier molecular flexibility index (Phi) is 6.93. The minimum absolute atomic E-state index is 0.0171. The van der Waals surface area contributed by atoms with Gasteiger partial charge in [-0.25, -0.2) is 0 Å². The van der Waals surface area contributed by atoms with E-state index in [0.29, 0.717) is 0 Å². The van der Waals surface area contributed by atoms with E-state index in [9.17, 15) is 19.2 Å². The molecule has 2 aromatic rings. The van der Waals surface area contributed by atoms with Gasteiger partial charge in [-0.15, -0.1) is 0 Å². The summed E-state index contributed by atoms with van der Waals surface area (Å²) in [5.74, 6) is -2.50. The molecular formula is C17H17N3O6. The van der Waals surface area contributed by atoms with Crippen LogP contribution in [0.15, 0.2) is 53.1 Å². The van der Waals surface area contributed by atoms with Crippen LogP contribution in [0.25, 0.3) is 0 Å². The summed E-state index contributed by atoms with van der Waals surface area (Å²) in [5.41, 5.74) is 4.96. The second-order valence-corrected chi connectivity index (χ2v) is 5.08. The van der Waals surface area contributed by atoms with Crippen molar-refractivity contribution in [2.45, 2.75) is 6.42 Å². The van der Waals surface area contributed by atoms with Gasteiger partial charge < -0.3 is 14.5 Å². The van der Waals surface area contributed by atoms with Crippen molar-refractivity contribution in [3.8, 4) is 0 Å². The quantitative estimate of drug-likeness (QED) is 0.470. The molecule has 136 valence electrons. The zero-order valence-corrected chi connectivity index (χ0v) is 13.7. The van der Waals surface area contributed by atoms with Gasteiger partial charge in [0.15, 0.2) is 12.4 Å². The second kappa shape index (κ2) is 9.62. The Balaban J connectivity index is 1.59. The van der Waals surface area contributed by atoms with Gasteiger partial charge in [0, 0.05) is 0 Å². The Morgan fingerprint density at radius 2 is 1.69 bits per heavy atom. The first kappa shape index (κ1) is 18.7. The molecule has 1 aromatic carbocycles. The van der Waals surface area contributed by atoms with Gasteiger partial charge >= 0.3 is 11.9 Å². The molecular weight excluding hydrogens is 342 g/mol. The van der Waals surface area contributed by atoms with Crippen LogP contribution in [0.5, 0.6) is 0 Å². The molecule has 9 heteroatoms. The smallest absolute Gasteiger partial charge is 0.325 e. The summed E-state index contributed by atoms with van der Waals surface area (Å²) in [6, 6.07) is 12.0. The molecule has 2 rings (SSSR count). The molecule has 3 N–H and O–H groups in total. The number of esters is 1. The first-order valence-electron chi connectivity index (χ1n) is 7.63. The maximum atomic E-state index is 11.7. The minimum Gasteiger partial charge on any atom is -0.459 e. The van der Waals surface area contributed by atoms with Gasteiger partial charge in [0.25, 0.3) is 5.91 Å². The summed E-state index contributed by atoms with van der Waals surface area (Å²) in [7, 11) is 0. The van der Waals surface area contributed by atoms with E-state index in [1.807, 2.05) is 6.07 Å². The number of furan rings is 1. The molecule has 1 aromatic heterocycles. The van der Waals surface area contributed by atoms with E-state index in [2.05, 4.69) is 20.9 Å². The fourth-order valence-corrected chi connectivity index (χ4v) is 1.84. The lowest BCUT2D eigenvalue weighted by Crippen LogP contribution is -2.44. The summed E-state index contributed by atoms with van der Waals surface area (Å²) in [4.78, 5) is 46.2. The van der Waals surface area contributed by atoms with Crippen LogP contribution in [0.4, 0.5) is 0 Å². The molecule has 0 saturated carbocycles. The number of amides is 3. The monoisotopic (exact) mass is 359 g/mol. The Hall–Kier alpha value is -3.62. The third-order valence-electron chi connectivity index (χ3n) is 3.06. The third-order valence-corrected chi connectivity index (χ3v) is 3.06. The van der Waals surface area contributed by atoms with Crippen LogP contribution in [0, 0.1) is 0 Å². The van der Waals surface area contributed by atoms with Crippen molar-refractivity contribution in [3.63, 3.8) is 0 Å². The number of hydrogen-bond acceptors (Lipinski definition) is 6. The molecule has 0 spiro atoms. The predicted molar refractivity (Wildman–Crippen MR) is 88.4 cm³/mol. The van der Waals surface area contributed by atoms with E-state index >= 15 is 0 Å². The van der Waals surface area contributed by atoms with E-state index in [0.717, 1.165) is 5.56 Å². The lowest BCUT2D eigenvalue weighted by atomic mass is 10.1. The molecule has 0 fully saturated rings. The van der Waals surface area contributed by atoms with Gasteiger partial charge in [0.2, 0.25) is 5.91 Å². The Morgan fingerprint density at radius 1 is 0.923 bits per heavy atom. The highest BCUT2D eigenvalue weighted by Crippen LogP contribution is 1.99. The fraction of sp³-hybridized carbons (Fsp3) is 0.176. The number of rotatable bonds is 7. The average molecular weight is 359 g/mol. The van der Waals surface area contributed by atoms with Gasteiger partial charge in [0.05, 0.1) is 12.7 Å². The first-order chi connectivity index (χ1) is 12.5. The zero-order valence-electron chi connectivity index (χ0n) is 13.7. The van der Waals surface area contributed by atoms with Gasteiger partial charge in [-0.05, 0) is 17.7 Å². The van der Waals surface area contributed by atoms with Crippen molar-refractivity contribution in [1.82, 2.24) is 16.2 Å². The van der Waals surface area contributed by atoms with Gasteiger partial charge in [0.1, 0.15) is 6.54 Å². The van der Waals surface area contributed by atoms with Gasteiger partial charge in [-0.2, -0.15) is 0 Å². The molecule has 26 heavy (non-hydrogen) atoms. The van der Waals surface area contributed by atoms with Crippen LogP contribution in [0.2, 0.25) is 0 Å². The molecule has 1 heterocycles. The van der Waals surface area contributed by atoms with E-state index < -0.39 is 24.4 Å². The predicted octanol–water partition coefficient (Wildman–Crippen LogP) is -0.0573. The van der Waals surface area contributed by atoms with E-state index in [4.69, 9.17) is 4.42 Å². The number of hydrogen-bond donors (Lipinski definition) is 3. The van der Waals surface area contributed by atoms with Crippen LogP contribution < -0.4 is 16.2 Å². The Labute approximate surface area is 148 Å². The van der Waals surface area contributed by atoms with Crippen molar-refractivity contribution in [2.75, 3.05) is 13.2 Å². The van der Waals surface area contributed by atoms with Crippen molar-refractivity contribution in [2.24, 2.45) is 0 Å². The molecule has 0 aliphatic rings. The lowest BCUT2D eigenvalue weighted by molar-refractivity contribution is -0.148. The summed E-state index contributed by atoms with van der Waals surface area (Å²) in [5, 5.41) is 2.40. The Morgan fingerprint density at radius 3 is 2.38 bits per heavy atom. The highest BCUT2D eigenvalue weighted by molar-refractivity contribution is 5.93. The number of carbonyl (C=O) groups is 4. The summed E-state index contributed by atoms with van der Waals surface area (Å²) in [6.45, 7) is -0.969. The van der Waals surface area contributed by atoms with Crippen molar-refractivity contribution in [3.05, 3.63) is 60.1 Å². The number of carbonyl (C=O) groups excluding carboxylic acids is 4. The molecule has 9 nitrogen and oxygen atoms in total. The third kappa shape index (κ3) is 6.48. The van der Waals surface area contributed by atoms with E-state index in [-0.39, 0.29) is 24.6 Å². The highest BCUT2D eigenvalue weighted by atomic mass is 16.5. The van der Waals surface area contributed by atoms with Crippen molar-refractivity contribution >= 4 is 23.7 Å². The number of nitrogens with one attached hydrogen (secondary N) is 3. The average Bonchev–Trinajstić information content (AvgIpc) is 3.18. The Bertz CT molecular complexity index is 758. The van der Waals surface area contributed by atoms with E-state index in [1.165, 1.54) is 18.4 Å². The van der Waals surface area contributed by atoms with Crippen LogP contribution in [0.1, 0.15) is 16.1 Å². The topological polar surface area (TPSA) is 127 Å². The largest absolute Gasteiger partial charge is 0.459 e. The molecule has 0 aliphatic carbocycles. The molecule has 3 amide bonds. The van der Waals surface area contributed by atoms with Crippen molar-refractivity contribution < 1.29 is 28.3 Å². The van der Waals surface area contributed by atoms with Crippen LogP contribution in [0.3, 0.4) is 0 Å². The highest BCUT2D eigenvalue weighted by Gasteiger charge is 2.12. The first-order valence-corrected chi connectivity index (χ1v) is 7.63. The van der Waals surface area contributed by atoms with Crippen molar-refractivity contribution in [1.29, 1.82) is 0 Å². The van der Waals surface area contributed by atoms with Gasteiger partial charge in [-0.1, -0.05) is 30.3 Å². The molecule has 0 bridgehead atoms. The number of ether oxygens (including phenoxy) is 1. The lowest BCUT2D eigenvalue weighted by Gasteiger charge is -2.08. The summed E-state index contributed by atoms with van der Waals surface area (Å²) in [6.07, 6.45) is 1.44. The summed E-state index contributed by atoms with van der Waals surface area (Å²) < 4.78 is 9.52. The molecule has 0 saturated heterocycles. The number of benzene rings is 1. The fourth-order valence-electron chi connectivity index (χ4n) is 1.84. The molecule has 0 radical (unpaired) electrons. The zero-order chi connectivity index (χ0) is 18.8. The minimum atomic E-state index is -0.779. The molecule has 0 aliphatic heterocycles. The van der Waals surface area contributed by atoms with Crippen LogP contribution >= 0.6 is 0 Å². The molecule has 0 unspecified atom stereocenters. The maximum absolute atomic E-state index is 11.7. The number of hydrazine groups is 1. The van der Waals surface area contributed by atoms with E-state index in [1.54, 1.807) is 24.3 Å². The molecule has 0 atom stereocenters. The van der Waals surface area contributed by atoms with Crippen LogP contribution in [-0.4, -0.2) is 36.8 Å². The van der Waals surface area contributed by atoms with Gasteiger partial charge in [-0.3, -0.25) is 30.0 Å².